The van der Waals surface area contributed by atoms with Crippen molar-refractivity contribution >= 4 is 15.6 Å². The van der Waals surface area contributed by atoms with Gasteiger partial charge in [0, 0.05) is 43.8 Å². The summed E-state index contributed by atoms with van der Waals surface area (Å²) in [6.07, 6.45) is -2.03. The zero-order valence-electron chi connectivity index (χ0n) is 19.2. The Kier molecular flexibility index (Phi) is 5.44. The van der Waals surface area contributed by atoms with E-state index in [1.807, 2.05) is 0 Å². The van der Waals surface area contributed by atoms with Crippen molar-refractivity contribution in [2.45, 2.75) is 68.1 Å². The van der Waals surface area contributed by atoms with Gasteiger partial charge in [0.1, 0.15) is 11.3 Å². The average Bonchev–Trinajstić information content (AvgIpc) is 3.65. The minimum Gasteiger partial charge on any atom is -0.428 e. The Bertz CT molecular complexity index is 1420. The van der Waals surface area contributed by atoms with Crippen LogP contribution in [0.3, 0.4) is 0 Å². The van der Waals surface area contributed by atoms with E-state index in [9.17, 15) is 36.2 Å². The van der Waals surface area contributed by atoms with Crippen molar-refractivity contribution in [3.63, 3.8) is 0 Å². The van der Waals surface area contributed by atoms with Crippen LogP contribution in [0.2, 0.25) is 0 Å². The SMILES string of the molecule is CS(=N)(=O)c1cc(=NC(=O)c2c(C(F)(F)F)c(C3CC3)nn2CC23CCC(F)(F)CC2C3)ccn1O. The monoisotopic (exact) mass is 533 g/mol. The summed E-state index contributed by atoms with van der Waals surface area (Å²) in [4.78, 5) is 17.0. The van der Waals surface area contributed by atoms with Gasteiger partial charge in [-0.15, -0.1) is 0 Å². The highest BCUT2D eigenvalue weighted by Crippen LogP contribution is 2.65. The van der Waals surface area contributed by atoms with E-state index in [0.29, 0.717) is 24.0 Å². The fourth-order valence-electron chi connectivity index (χ4n) is 5.22. The molecule has 3 unspecified atom stereocenters. The smallest absolute Gasteiger partial charge is 0.420 e. The summed E-state index contributed by atoms with van der Waals surface area (Å²) >= 11 is 0. The first-order valence-corrected chi connectivity index (χ1v) is 13.4. The second kappa shape index (κ2) is 7.86. The number of amides is 1. The normalized spacial score (nSPS) is 27.4. The van der Waals surface area contributed by atoms with Crippen LogP contribution < -0.4 is 5.36 Å². The summed E-state index contributed by atoms with van der Waals surface area (Å²) in [7, 11) is -3.44. The van der Waals surface area contributed by atoms with E-state index in [2.05, 4.69) is 10.1 Å². The maximum Gasteiger partial charge on any atom is 0.420 e. The van der Waals surface area contributed by atoms with Gasteiger partial charge in [-0.1, -0.05) is 0 Å². The van der Waals surface area contributed by atoms with E-state index < -0.39 is 50.3 Å². The Labute approximate surface area is 202 Å². The summed E-state index contributed by atoms with van der Waals surface area (Å²) in [5, 5.41) is 13.4. The fourth-order valence-corrected chi connectivity index (χ4v) is 5.98. The van der Waals surface area contributed by atoms with Gasteiger partial charge in [-0.05, 0) is 43.1 Å². The molecule has 5 rings (SSSR count). The van der Waals surface area contributed by atoms with Crippen LogP contribution in [0.5, 0.6) is 0 Å². The molecule has 0 spiro atoms. The molecule has 196 valence electrons. The van der Waals surface area contributed by atoms with Crippen LogP contribution >= 0.6 is 0 Å². The topological polar surface area (TPSA) is 113 Å². The number of hydrogen-bond acceptors (Lipinski definition) is 5. The van der Waals surface area contributed by atoms with Crippen molar-refractivity contribution in [1.82, 2.24) is 14.5 Å². The molecule has 3 saturated carbocycles. The van der Waals surface area contributed by atoms with E-state index >= 15 is 0 Å². The van der Waals surface area contributed by atoms with Crippen LogP contribution in [-0.4, -0.2) is 42.0 Å². The highest BCUT2D eigenvalue weighted by molar-refractivity contribution is 7.91. The van der Waals surface area contributed by atoms with Crippen molar-refractivity contribution in [2.75, 3.05) is 6.26 Å². The lowest BCUT2D eigenvalue weighted by atomic mass is 9.86. The molecular formula is C22H24F5N5O3S. The molecule has 1 amide bonds. The van der Waals surface area contributed by atoms with Crippen molar-refractivity contribution in [3.8, 4) is 0 Å². The van der Waals surface area contributed by atoms with E-state index in [1.165, 1.54) is 0 Å². The second-order valence-corrected chi connectivity index (χ2v) is 12.3. The van der Waals surface area contributed by atoms with E-state index in [-0.39, 0.29) is 47.8 Å². The molecule has 3 aliphatic carbocycles. The predicted molar refractivity (Wildman–Crippen MR) is 115 cm³/mol. The molecule has 0 aromatic carbocycles. The van der Waals surface area contributed by atoms with E-state index in [1.54, 1.807) is 0 Å². The minimum atomic E-state index is -4.90. The Morgan fingerprint density at radius 2 is 2.00 bits per heavy atom. The average molecular weight is 534 g/mol. The molecule has 3 aliphatic rings. The summed E-state index contributed by atoms with van der Waals surface area (Å²) in [5.74, 6) is -4.84. The zero-order valence-corrected chi connectivity index (χ0v) is 20.0. The standard InChI is InChI=1S/C22H24F5N5O3S/c1-36(28,35)15-8-14(4-7-32(15)34)29-19(33)18-16(22(25,26)27)17(12-2-3-12)30-31(18)11-20-5-6-21(23,24)10-13(20)9-20/h4,7-8,12-13,28,34H,2-3,5-6,9-11H2,1H3. The van der Waals surface area contributed by atoms with Gasteiger partial charge in [0.05, 0.1) is 20.8 Å². The van der Waals surface area contributed by atoms with Crippen LogP contribution in [0.25, 0.3) is 0 Å². The number of aromatic nitrogens is 3. The van der Waals surface area contributed by atoms with Crippen molar-refractivity contribution < 1.29 is 36.2 Å². The second-order valence-electron chi connectivity index (χ2n) is 10.2. The van der Waals surface area contributed by atoms with Crippen LogP contribution in [0, 0.1) is 16.1 Å². The first kappa shape index (κ1) is 24.9. The Morgan fingerprint density at radius 1 is 1.31 bits per heavy atom. The number of nitrogens with zero attached hydrogens (tertiary/aromatic N) is 4. The maximum absolute atomic E-state index is 14.2. The first-order valence-electron chi connectivity index (χ1n) is 11.4. The third kappa shape index (κ3) is 4.55. The lowest BCUT2D eigenvalue weighted by molar-refractivity contribution is -0.138. The number of alkyl halides is 5. The number of carbonyl (C=O) groups excluding carboxylic acids is 1. The number of halogens is 5. The number of nitrogens with one attached hydrogen (secondary N) is 1. The highest BCUT2D eigenvalue weighted by atomic mass is 32.2. The molecule has 0 aliphatic heterocycles. The maximum atomic E-state index is 14.2. The van der Waals surface area contributed by atoms with Crippen molar-refractivity contribution in [3.05, 3.63) is 40.6 Å². The molecule has 3 atom stereocenters. The Morgan fingerprint density at radius 3 is 2.58 bits per heavy atom. The van der Waals surface area contributed by atoms with Crippen LogP contribution in [-0.2, 0) is 22.5 Å². The molecule has 2 heterocycles. The zero-order chi connectivity index (χ0) is 26.3. The number of rotatable bonds is 5. The van der Waals surface area contributed by atoms with Crippen LogP contribution in [0.4, 0.5) is 22.0 Å². The van der Waals surface area contributed by atoms with Crippen LogP contribution in [0.1, 0.15) is 66.2 Å². The molecular weight excluding hydrogens is 509 g/mol. The van der Waals surface area contributed by atoms with E-state index in [0.717, 1.165) is 29.3 Å². The lowest BCUT2D eigenvalue weighted by Gasteiger charge is -2.28. The molecule has 2 aromatic heterocycles. The van der Waals surface area contributed by atoms with Crippen molar-refractivity contribution in [2.24, 2.45) is 16.3 Å². The minimum absolute atomic E-state index is 0.0910. The molecule has 3 fully saturated rings. The van der Waals surface area contributed by atoms with Gasteiger partial charge in [-0.25, -0.2) is 22.8 Å². The quantitative estimate of drug-likeness (QED) is 0.438. The first-order chi connectivity index (χ1) is 16.6. The van der Waals surface area contributed by atoms with Gasteiger partial charge < -0.3 is 5.21 Å². The fraction of sp³-hybridized carbons (Fsp3) is 0.591. The van der Waals surface area contributed by atoms with Gasteiger partial charge in [0.2, 0.25) is 5.92 Å². The summed E-state index contributed by atoms with van der Waals surface area (Å²) < 4.78 is 91.5. The van der Waals surface area contributed by atoms with Gasteiger partial charge in [-0.2, -0.15) is 23.0 Å². The largest absolute Gasteiger partial charge is 0.428 e. The number of hydrogen-bond donors (Lipinski definition) is 2. The van der Waals surface area contributed by atoms with E-state index in [4.69, 9.17) is 4.78 Å². The Hall–Kier alpha value is -2.77. The molecule has 2 N–H and O–H groups in total. The summed E-state index contributed by atoms with van der Waals surface area (Å²) in [5.41, 5.74) is -2.79. The number of pyridine rings is 1. The molecule has 14 heteroatoms. The number of fused-ring (bicyclic) bond motifs is 1. The van der Waals surface area contributed by atoms with Gasteiger partial charge in [0.15, 0.2) is 5.03 Å². The van der Waals surface area contributed by atoms with Gasteiger partial charge in [0.25, 0.3) is 5.91 Å². The van der Waals surface area contributed by atoms with Crippen LogP contribution in [0.15, 0.2) is 28.3 Å². The number of carbonyl (C=O) groups is 1. The molecule has 0 radical (unpaired) electrons. The molecule has 2 aromatic rings. The third-order valence-electron chi connectivity index (χ3n) is 7.30. The van der Waals surface area contributed by atoms with Gasteiger partial charge >= 0.3 is 6.18 Å². The third-order valence-corrected chi connectivity index (χ3v) is 8.40. The lowest BCUT2D eigenvalue weighted by Crippen LogP contribution is -2.29. The molecule has 0 saturated heterocycles. The highest BCUT2D eigenvalue weighted by Gasteiger charge is 2.61. The Balaban J connectivity index is 1.60. The molecule has 36 heavy (non-hydrogen) atoms. The summed E-state index contributed by atoms with van der Waals surface area (Å²) in [6.45, 7) is -0.0910. The molecule has 8 nitrogen and oxygen atoms in total. The van der Waals surface area contributed by atoms with Crippen molar-refractivity contribution in [1.29, 1.82) is 4.78 Å². The molecule has 0 bridgehead atoms. The summed E-state index contributed by atoms with van der Waals surface area (Å²) in [6, 6.07) is 2.11. The predicted octanol–water partition coefficient (Wildman–Crippen LogP) is 4.42. The van der Waals surface area contributed by atoms with Gasteiger partial charge in [-0.3, -0.25) is 9.48 Å².